The van der Waals surface area contributed by atoms with E-state index in [1.54, 1.807) is 0 Å². The Labute approximate surface area is 139 Å². The number of nitrogens with zero attached hydrogens (tertiary/aromatic N) is 1. The minimum atomic E-state index is 0.172. The summed E-state index contributed by atoms with van der Waals surface area (Å²) in [5.74, 6) is 0.172. The first-order valence-electron chi connectivity index (χ1n) is 8.32. The van der Waals surface area contributed by atoms with Gasteiger partial charge in [0.05, 0.1) is 0 Å². The van der Waals surface area contributed by atoms with E-state index in [0.717, 1.165) is 18.7 Å². The van der Waals surface area contributed by atoms with Crippen molar-refractivity contribution in [2.75, 3.05) is 24.5 Å². The molecule has 0 aliphatic heterocycles. The second-order valence-electron chi connectivity index (χ2n) is 5.71. The number of nitrogens with one attached hydrogen (secondary N) is 1. The van der Waals surface area contributed by atoms with Crippen molar-refractivity contribution in [1.29, 1.82) is 0 Å². The molecule has 2 rings (SSSR count). The molecular weight excluding hydrogens is 284 g/mol. The van der Waals surface area contributed by atoms with E-state index >= 15 is 0 Å². The fourth-order valence-electron chi connectivity index (χ4n) is 2.63. The van der Waals surface area contributed by atoms with E-state index in [1.165, 1.54) is 11.1 Å². The highest BCUT2D eigenvalue weighted by atomic mass is 16.2. The van der Waals surface area contributed by atoms with Crippen LogP contribution < -0.4 is 10.2 Å². The zero-order chi connectivity index (χ0) is 16.5. The number of aryl methyl sites for hydroxylation is 1. The van der Waals surface area contributed by atoms with Crippen molar-refractivity contribution in [3.8, 4) is 0 Å². The van der Waals surface area contributed by atoms with Gasteiger partial charge in [-0.3, -0.25) is 4.79 Å². The van der Waals surface area contributed by atoms with Gasteiger partial charge < -0.3 is 10.2 Å². The topological polar surface area (TPSA) is 32.3 Å². The van der Waals surface area contributed by atoms with E-state index in [9.17, 15) is 4.79 Å². The van der Waals surface area contributed by atoms with Crippen LogP contribution in [-0.4, -0.2) is 25.5 Å². The number of benzene rings is 2. The van der Waals surface area contributed by atoms with E-state index in [1.807, 2.05) is 43.0 Å². The predicted octanol–water partition coefficient (Wildman–Crippen LogP) is 3.57. The minimum Gasteiger partial charge on any atom is -0.316 e. The van der Waals surface area contributed by atoms with Crippen LogP contribution in [0.3, 0.4) is 0 Å². The summed E-state index contributed by atoms with van der Waals surface area (Å²) in [5.41, 5.74) is 3.48. The van der Waals surface area contributed by atoms with E-state index in [-0.39, 0.29) is 5.91 Å². The van der Waals surface area contributed by atoms with Crippen LogP contribution >= 0.6 is 0 Å². The van der Waals surface area contributed by atoms with Crippen LogP contribution in [0.1, 0.15) is 24.5 Å². The number of anilines is 1. The molecule has 0 atom stereocenters. The van der Waals surface area contributed by atoms with Gasteiger partial charge in [-0.2, -0.15) is 0 Å². The number of amides is 1. The molecule has 0 unspecified atom stereocenters. The Hall–Kier alpha value is -2.13. The van der Waals surface area contributed by atoms with E-state index < -0.39 is 0 Å². The first-order valence-corrected chi connectivity index (χ1v) is 8.32. The normalized spacial score (nSPS) is 10.5. The quantitative estimate of drug-likeness (QED) is 0.756. The van der Waals surface area contributed by atoms with Crippen LogP contribution in [0.25, 0.3) is 0 Å². The Morgan fingerprint density at radius 2 is 1.83 bits per heavy atom. The molecule has 0 saturated heterocycles. The summed E-state index contributed by atoms with van der Waals surface area (Å²) in [6, 6.07) is 18.5. The lowest BCUT2D eigenvalue weighted by Crippen LogP contribution is -2.33. The van der Waals surface area contributed by atoms with Gasteiger partial charge in [0.25, 0.3) is 0 Å². The Bertz CT molecular complexity index is 610. The summed E-state index contributed by atoms with van der Waals surface area (Å²) in [6.45, 7) is 6.38. The highest BCUT2D eigenvalue weighted by molar-refractivity contribution is 5.93. The zero-order valence-electron chi connectivity index (χ0n) is 14.1. The molecule has 0 radical (unpaired) electrons. The lowest BCUT2D eigenvalue weighted by Gasteiger charge is -2.21. The molecule has 0 fully saturated rings. The highest BCUT2D eigenvalue weighted by Gasteiger charge is 2.13. The highest BCUT2D eigenvalue weighted by Crippen LogP contribution is 2.16. The average Bonchev–Trinajstić information content (AvgIpc) is 2.56. The number of carbonyl (C=O) groups excluding carboxylic acids is 1. The smallest absolute Gasteiger partial charge is 0.228 e. The van der Waals surface area contributed by atoms with Crippen molar-refractivity contribution >= 4 is 11.6 Å². The lowest BCUT2D eigenvalue weighted by atomic mass is 10.1. The van der Waals surface area contributed by atoms with Crippen LogP contribution in [0.5, 0.6) is 0 Å². The van der Waals surface area contributed by atoms with Gasteiger partial charge >= 0.3 is 0 Å². The molecule has 0 aromatic heterocycles. The molecule has 0 saturated carbocycles. The second kappa shape index (κ2) is 9.11. The van der Waals surface area contributed by atoms with Crippen LogP contribution in [-0.2, 0) is 11.2 Å². The molecule has 2 aromatic rings. The molecule has 3 nitrogen and oxygen atoms in total. The lowest BCUT2D eigenvalue weighted by molar-refractivity contribution is -0.118. The largest absolute Gasteiger partial charge is 0.316 e. The van der Waals surface area contributed by atoms with Crippen molar-refractivity contribution in [2.45, 2.75) is 26.7 Å². The second-order valence-corrected chi connectivity index (χ2v) is 5.71. The van der Waals surface area contributed by atoms with Crippen molar-refractivity contribution in [1.82, 2.24) is 5.32 Å². The third-order valence-electron chi connectivity index (χ3n) is 3.88. The standard InChI is InChI=1S/C20H26N2O/c1-3-22(19-11-7-8-17(2)16-19)20(23)13-15-21-14-12-18-9-5-4-6-10-18/h4-11,16,21H,3,12-15H2,1-2H3. The molecule has 0 bridgehead atoms. The third-order valence-corrected chi connectivity index (χ3v) is 3.88. The monoisotopic (exact) mass is 310 g/mol. The Morgan fingerprint density at radius 1 is 1.04 bits per heavy atom. The minimum absolute atomic E-state index is 0.172. The summed E-state index contributed by atoms with van der Waals surface area (Å²) in [5, 5.41) is 3.36. The van der Waals surface area contributed by atoms with E-state index in [4.69, 9.17) is 0 Å². The van der Waals surface area contributed by atoms with Gasteiger partial charge in [-0.1, -0.05) is 42.5 Å². The molecule has 23 heavy (non-hydrogen) atoms. The number of hydrogen-bond acceptors (Lipinski definition) is 2. The van der Waals surface area contributed by atoms with Gasteiger partial charge in [0.2, 0.25) is 5.91 Å². The van der Waals surface area contributed by atoms with Crippen LogP contribution in [0.2, 0.25) is 0 Å². The zero-order valence-corrected chi connectivity index (χ0v) is 14.1. The summed E-state index contributed by atoms with van der Waals surface area (Å²) >= 11 is 0. The van der Waals surface area contributed by atoms with Crippen LogP contribution in [0, 0.1) is 6.92 Å². The van der Waals surface area contributed by atoms with Gasteiger partial charge in [-0.15, -0.1) is 0 Å². The molecule has 2 aromatic carbocycles. The van der Waals surface area contributed by atoms with Crippen molar-refractivity contribution in [3.05, 3.63) is 65.7 Å². The maximum absolute atomic E-state index is 12.4. The van der Waals surface area contributed by atoms with Gasteiger partial charge in [-0.25, -0.2) is 0 Å². The fraction of sp³-hybridized carbons (Fsp3) is 0.350. The SMILES string of the molecule is CCN(C(=O)CCNCCc1ccccc1)c1cccc(C)c1. The molecule has 0 spiro atoms. The fourth-order valence-corrected chi connectivity index (χ4v) is 2.63. The summed E-state index contributed by atoms with van der Waals surface area (Å²) < 4.78 is 0. The molecule has 0 aliphatic rings. The predicted molar refractivity (Wildman–Crippen MR) is 96.8 cm³/mol. The first kappa shape index (κ1) is 17.2. The van der Waals surface area contributed by atoms with E-state index in [0.29, 0.717) is 19.5 Å². The van der Waals surface area contributed by atoms with Crippen molar-refractivity contribution in [2.24, 2.45) is 0 Å². The Morgan fingerprint density at radius 3 is 2.52 bits per heavy atom. The van der Waals surface area contributed by atoms with E-state index in [2.05, 4.69) is 35.6 Å². The van der Waals surface area contributed by atoms with Gasteiger partial charge in [-0.05, 0) is 50.1 Å². The van der Waals surface area contributed by atoms with Crippen molar-refractivity contribution < 1.29 is 4.79 Å². The summed E-state index contributed by atoms with van der Waals surface area (Å²) in [6.07, 6.45) is 1.51. The first-order chi connectivity index (χ1) is 11.2. The molecule has 0 heterocycles. The van der Waals surface area contributed by atoms with Crippen LogP contribution in [0.4, 0.5) is 5.69 Å². The molecule has 1 N–H and O–H groups in total. The summed E-state index contributed by atoms with van der Waals surface area (Å²) in [7, 11) is 0. The Balaban J connectivity index is 1.75. The molecule has 1 amide bonds. The number of hydrogen-bond donors (Lipinski definition) is 1. The molecule has 0 aliphatic carbocycles. The maximum atomic E-state index is 12.4. The van der Waals surface area contributed by atoms with Gasteiger partial charge in [0.15, 0.2) is 0 Å². The number of rotatable bonds is 8. The van der Waals surface area contributed by atoms with Crippen LogP contribution in [0.15, 0.2) is 54.6 Å². The molecular formula is C20H26N2O. The van der Waals surface area contributed by atoms with Crippen molar-refractivity contribution in [3.63, 3.8) is 0 Å². The Kier molecular flexibility index (Phi) is 6.82. The third kappa shape index (κ3) is 5.53. The molecule has 122 valence electrons. The van der Waals surface area contributed by atoms with Gasteiger partial charge in [0, 0.05) is 25.2 Å². The van der Waals surface area contributed by atoms with Gasteiger partial charge in [0.1, 0.15) is 0 Å². The average molecular weight is 310 g/mol. The summed E-state index contributed by atoms with van der Waals surface area (Å²) in [4.78, 5) is 14.3. The maximum Gasteiger partial charge on any atom is 0.228 e. The molecule has 3 heteroatoms. The number of carbonyl (C=O) groups is 1.